The summed E-state index contributed by atoms with van der Waals surface area (Å²) in [6, 6.07) is 11.7. The number of halogens is 1. The fraction of sp³-hybridized carbons (Fsp3) is 0.105. The van der Waals surface area contributed by atoms with Crippen LogP contribution >= 0.6 is 11.6 Å². The number of benzene rings is 2. The molecule has 0 amide bonds. The summed E-state index contributed by atoms with van der Waals surface area (Å²) in [5, 5.41) is 18.1. The molecule has 28 heavy (non-hydrogen) atoms. The summed E-state index contributed by atoms with van der Waals surface area (Å²) in [6.07, 6.45) is 1.23. The first-order valence-electron chi connectivity index (χ1n) is 8.25. The van der Waals surface area contributed by atoms with Crippen LogP contribution in [0.3, 0.4) is 0 Å². The van der Waals surface area contributed by atoms with Crippen LogP contribution in [0, 0.1) is 17.0 Å². The van der Waals surface area contributed by atoms with Crippen LogP contribution in [0.2, 0.25) is 5.02 Å². The number of hydrogen-bond acceptors (Lipinski definition) is 7. The predicted molar refractivity (Wildman–Crippen MR) is 108 cm³/mol. The van der Waals surface area contributed by atoms with Crippen molar-refractivity contribution in [2.75, 3.05) is 10.6 Å². The smallest absolute Gasteiger partial charge is 0.334 e. The molecule has 142 valence electrons. The van der Waals surface area contributed by atoms with Crippen molar-refractivity contribution in [2.45, 2.75) is 13.8 Å². The number of nitrogens with zero attached hydrogens (tertiary/aromatic N) is 3. The molecule has 2 N–H and O–H groups in total. The van der Waals surface area contributed by atoms with Crippen LogP contribution < -0.4 is 10.6 Å². The van der Waals surface area contributed by atoms with E-state index in [1.807, 2.05) is 6.92 Å². The Kier molecular flexibility index (Phi) is 5.51. The SMILES string of the molecule is CC(=O)c1ccc(Nc2ncnc(Nc3ccc(Cl)cc3C)c2[N+](=O)[O-])cc1. The number of nitrogens with one attached hydrogen (secondary N) is 2. The summed E-state index contributed by atoms with van der Waals surface area (Å²) in [5.74, 6) is 0.0161. The van der Waals surface area contributed by atoms with Crippen LogP contribution in [0.5, 0.6) is 0 Å². The number of carbonyl (C=O) groups is 1. The summed E-state index contributed by atoms with van der Waals surface area (Å²) in [7, 11) is 0. The van der Waals surface area contributed by atoms with Gasteiger partial charge < -0.3 is 10.6 Å². The van der Waals surface area contributed by atoms with Crippen molar-refractivity contribution in [3.63, 3.8) is 0 Å². The van der Waals surface area contributed by atoms with Crippen molar-refractivity contribution >= 4 is 46.1 Å². The van der Waals surface area contributed by atoms with E-state index in [2.05, 4.69) is 20.6 Å². The van der Waals surface area contributed by atoms with Crippen molar-refractivity contribution in [3.05, 3.63) is 75.1 Å². The van der Waals surface area contributed by atoms with Gasteiger partial charge in [-0.05, 0) is 61.9 Å². The molecule has 0 spiro atoms. The molecular weight excluding hydrogens is 382 g/mol. The molecule has 3 rings (SSSR count). The van der Waals surface area contributed by atoms with Gasteiger partial charge in [-0.3, -0.25) is 14.9 Å². The molecule has 0 bridgehead atoms. The maximum atomic E-state index is 11.7. The highest BCUT2D eigenvalue weighted by atomic mass is 35.5. The number of rotatable bonds is 6. The molecule has 0 aliphatic rings. The zero-order chi connectivity index (χ0) is 20.3. The lowest BCUT2D eigenvalue weighted by atomic mass is 10.1. The maximum absolute atomic E-state index is 11.7. The number of aryl methyl sites for hydroxylation is 1. The highest BCUT2D eigenvalue weighted by molar-refractivity contribution is 6.30. The molecular formula is C19H16ClN5O3. The number of aromatic nitrogens is 2. The van der Waals surface area contributed by atoms with E-state index in [1.165, 1.54) is 13.3 Å². The molecule has 0 saturated heterocycles. The van der Waals surface area contributed by atoms with Crippen LogP contribution in [-0.2, 0) is 0 Å². The van der Waals surface area contributed by atoms with E-state index in [-0.39, 0.29) is 23.1 Å². The highest BCUT2D eigenvalue weighted by Gasteiger charge is 2.23. The first kappa shape index (κ1) is 19.2. The van der Waals surface area contributed by atoms with Gasteiger partial charge in [0.25, 0.3) is 0 Å². The number of carbonyl (C=O) groups excluding carboxylic acids is 1. The Bertz CT molecular complexity index is 1050. The van der Waals surface area contributed by atoms with Crippen LogP contribution in [0.1, 0.15) is 22.8 Å². The first-order chi connectivity index (χ1) is 13.3. The standard InChI is InChI=1S/C19H16ClN5O3/c1-11-9-14(20)5-8-16(11)24-19-17(25(27)28)18(21-10-22-19)23-15-6-3-13(4-7-15)12(2)26/h3-10H,1-2H3,(H2,21,22,23,24). The lowest BCUT2D eigenvalue weighted by Crippen LogP contribution is -2.06. The normalized spacial score (nSPS) is 10.4. The van der Waals surface area contributed by atoms with Gasteiger partial charge in [-0.15, -0.1) is 0 Å². The number of anilines is 4. The van der Waals surface area contributed by atoms with E-state index in [1.54, 1.807) is 42.5 Å². The van der Waals surface area contributed by atoms with Crippen LogP contribution in [0.15, 0.2) is 48.8 Å². The Morgan fingerprint density at radius 3 is 2.29 bits per heavy atom. The monoisotopic (exact) mass is 397 g/mol. The molecule has 8 nitrogen and oxygen atoms in total. The van der Waals surface area contributed by atoms with E-state index >= 15 is 0 Å². The lowest BCUT2D eigenvalue weighted by molar-refractivity contribution is -0.383. The second-order valence-electron chi connectivity index (χ2n) is 6.02. The molecule has 0 saturated carbocycles. The molecule has 0 radical (unpaired) electrons. The minimum atomic E-state index is -0.556. The Morgan fingerprint density at radius 2 is 1.71 bits per heavy atom. The molecule has 9 heteroatoms. The van der Waals surface area contributed by atoms with Gasteiger partial charge in [-0.25, -0.2) is 9.97 Å². The van der Waals surface area contributed by atoms with E-state index < -0.39 is 4.92 Å². The summed E-state index contributed by atoms with van der Waals surface area (Å²) in [4.78, 5) is 30.5. The number of Topliss-reactive ketones (excluding diaryl/α,β-unsaturated/α-hetero) is 1. The Balaban J connectivity index is 1.95. The van der Waals surface area contributed by atoms with Crippen LogP contribution in [0.25, 0.3) is 0 Å². The number of hydrogen-bond donors (Lipinski definition) is 2. The minimum Gasteiger partial charge on any atom is -0.334 e. The average Bonchev–Trinajstić information content (AvgIpc) is 2.64. The Hall–Kier alpha value is -3.52. The van der Waals surface area contributed by atoms with E-state index in [0.29, 0.717) is 22.0 Å². The van der Waals surface area contributed by atoms with Gasteiger partial charge in [0.2, 0.25) is 11.6 Å². The second kappa shape index (κ2) is 8.01. The quantitative estimate of drug-likeness (QED) is 0.340. The summed E-state index contributed by atoms with van der Waals surface area (Å²) < 4.78 is 0. The maximum Gasteiger partial charge on any atom is 0.353 e. The van der Waals surface area contributed by atoms with Crippen molar-refractivity contribution in [1.29, 1.82) is 0 Å². The third-order valence-corrected chi connectivity index (χ3v) is 4.24. The Labute approximate surface area is 165 Å². The van der Waals surface area contributed by atoms with Gasteiger partial charge in [0, 0.05) is 22.0 Å². The molecule has 0 unspecified atom stereocenters. The molecule has 0 aliphatic carbocycles. The minimum absolute atomic E-state index is 0.0321. The molecule has 0 fully saturated rings. The van der Waals surface area contributed by atoms with E-state index in [9.17, 15) is 14.9 Å². The first-order valence-corrected chi connectivity index (χ1v) is 8.63. The van der Waals surface area contributed by atoms with Gasteiger partial charge in [0.15, 0.2) is 5.78 Å². The largest absolute Gasteiger partial charge is 0.353 e. The van der Waals surface area contributed by atoms with Crippen molar-refractivity contribution in [3.8, 4) is 0 Å². The van der Waals surface area contributed by atoms with E-state index in [0.717, 1.165) is 5.56 Å². The zero-order valence-electron chi connectivity index (χ0n) is 15.1. The van der Waals surface area contributed by atoms with Crippen molar-refractivity contribution < 1.29 is 9.72 Å². The summed E-state index contributed by atoms with van der Waals surface area (Å²) in [6.45, 7) is 3.30. The fourth-order valence-electron chi connectivity index (χ4n) is 2.55. The second-order valence-corrected chi connectivity index (χ2v) is 6.46. The van der Waals surface area contributed by atoms with Crippen LogP contribution in [-0.4, -0.2) is 20.7 Å². The number of nitro groups is 1. The lowest BCUT2D eigenvalue weighted by Gasteiger charge is -2.12. The molecule has 1 heterocycles. The van der Waals surface area contributed by atoms with Gasteiger partial charge in [-0.2, -0.15) is 0 Å². The highest BCUT2D eigenvalue weighted by Crippen LogP contribution is 2.34. The molecule has 3 aromatic rings. The Morgan fingerprint density at radius 1 is 1.07 bits per heavy atom. The van der Waals surface area contributed by atoms with Gasteiger partial charge in [0.05, 0.1) is 4.92 Å². The van der Waals surface area contributed by atoms with Crippen molar-refractivity contribution in [2.24, 2.45) is 0 Å². The number of ketones is 1. The fourth-order valence-corrected chi connectivity index (χ4v) is 2.78. The van der Waals surface area contributed by atoms with Gasteiger partial charge in [0.1, 0.15) is 6.33 Å². The molecule has 2 aromatic carbocycles. The molecule has 0 atom stereocenters. The third-order valence-electron chi connectivity index (χ3n) is 4.00. The van der Waals surface area contributed by atoms with Gasteiger partial charge >= 0.3 is 5.69 Å². The average molecular weight is 398 g/mol. The van der Waals surface area contributed by atoms with E-state index in [4.69, 9.17) is 11.6 Å². The van der Waals surface area contributed by atoms with Crippen molar-refractivity contribution in [1.82, 2.24) is 9.97 Å². The molecule has 0 aliphatic heterocycles. The van der Waals surface area contributed by atoms with Gasteiger partial charge in [-0.1, -0.05) is 11.6 Å². The molecule has 1 aromatic heterocycles. The topological polar surface area (TPSA) is 110 Å². The third kappa shape index (κ3) is 4.24. The predicted octanol–water partition coefficient (Wildman–Crippen LogP) is 5.04. The summed E-state index contributed by atoms with van der Waals surface area (Å²) in [5.41, 5.74) is 2.26. The van der Waals surface area contributed by atoms with Crippen LogP contribution in [0.4, 0.5) is 28.7 Å². The summed E-state index contributed by atoms with van der Waals surface area (Å²) >= 11 is 5.96. The zero-order valence-corrected chi connectivity index (χ0v) is 15.8.